The van der Waals surface area contributed by atoms with Crippen LogP contribution in [0.2, 0.25) is 0 Å². The molecule has 0 radical (unpaired) electrons. The van der Waals surface area contributed by atoms with Gasteiger partial charge in [-0.05, 0) is 154 Å². The molecule has 5 aliphatic carbocycles. The Kier molecular flexibility index (Phi) is 7.42. The van der Waals surface area contributed by atoms with Crippen LogP contribution in [0.4, 0.5) is 0 Å². The zero-order valence-corrected chi connectivity index (χ0v) is 27.9. The van der Waals surface area contributed by atoms with Gasteiger partial charge in [0.05, 0.1) is 13.4 Å². The fourth-order valence-corrected chi connectivity index (χ4v) is 12.4. The van der Waals surface area contributed by atoms with Crippen LogP contribution in [-0.4, -0.2) is 18.3 Å². The molecule has 0 bridgehead atoms. The molecule has 0 saturated heterocycles. The van der Waals surface area contributed by atoms with E-state index in [2.05, 4.69) is 54.5 Å². The second kappa shape index (κ2) is 10.3. The number of allylic oxidation sites excluding steroid dienone is 2. The number of ether oxygens (including phenoxy) is 2. The van der Waals surface area contributed by atoms with Crippen molar-refractivity contribution in [2.24, 2.45) is 50.7 Å². The zero-order chi connectivity index (χ0) is 30.1. The molecule has 5 aliphatic rings. The Morgan fingerprint density at radius 1 is 0.952 bits per heavy atom. The number of rotatable bonds is 8. The number of fused-ring (bicyclic) bond motifs is 2. The van der Waals surface area contributed by atoms with Crippen molar-refractivity contribution in [3.63, 3.8) is 0 Å². The summed E-state index contributed by atoms with van der Waals surface area (Å²) in [6, 6.07) is 5.45. The summed E-state index contributed by atoms with van der Waals surface area (Å²) in [6.07, 6.45) is 21.9. The highest BCUT2D eigenvalue weighted by atomic mass is 16.5. The Morgan fingerprint density at radius 2 is 1.69 bits per heavy atom. The van der Waals surface area contributed by atoms with Crippen molar-refractivity contribution in [1.82, 2.24) is 0 Å². The highest BCUT2D eigenvalue weighted by Crippen LogP contribution is 2.89. The average Bonchev–Trinajstić information content (AvgIpc) is 3.52. The Bertz CT molecular complexity index is 1240. The molecule has 5 saturated carbocycles. The Labute approximate surface area is 256 Å². The lowest BCUT2D eigenvalue weighted by molar-refractivity contribution is -0.162. The van der Waals surface area contributed by atoms with Gasteiger partial charge < -0.3 is 14.6 Å². The average molecular weight is 575 g/mol. The van der Waals surface area contributed by atoms with Crippen molar-refractivity contribution < 1.29 is 14.6 Å². The van der Waals surface area contributed by atoms with Gasteiger partial charge >= 0.3 is 0 Å². The standard InChI is InChI=1S/C39H58O3/c1-26(2)10-9-11-27(3)29-16-19-37(7)33-15-14-32-35(4,5)34(42-23-18-28-12-13-30(40)31(24-28)41-8)17-20-38(32)25-39(33,38)22-21-36(29,37)6/h10,12-13,18,23-24,27,29,32-34,40H,9,11,14-17,19-22,25H2,1-8H3. The van der Waals surface area contributed by atoms with E-state index in [1.54, 1.807) is 13.2 Å². The first-order valence-electron chi connectivity index (χ1n) is 17.2. The molecule has 6 rings (SSSR count). The largest absolute Gasteiger partial charge is 0.504 e. The molecule has 0 aromatic heterocycles. The first-order chi connectivity index (χ1) is 19.8. The van der Waals surface area contributed by atoms with Gasteiger partial charge in [0.2, 0.25) is 0 Å². The number of benzene rings is 1. The molecule has 0 aliphatic heterocycles. The quantitative estimate of drug-likeness (QED) is 0.248. The normalized spacial score (nSPS) is 42.1. The van der Waals surface area contributed by atoms with Gasteiger partial charge in [-0.3, -0.25) is 0 Å². The number of phenolic OH excluding ortho intramolecular Hbond substituents is 1. The van der Waals surface area contributed by atoms with Crippen LogP contribution >= 0.6 is 0 Å². The molecular formula is C39H58O3. The van der Waals surface area contributed by atoms with E-state index in [9.17, 15) is 5.11 Å². The fourth-order valence-electron chi connectivity index (χ4n) is 12.4. The van der Waals surface area contributed by atoms with E-state index in [4.69, 9.17) is 9.47 Å². The summed E-state index contributed by atoms with van der Waals surface area (Å²) in [5.74, 6) is 4.05. The van der Waals surface area contributed by atoms with Crippen LogP contribution in [0.1, 0.15) is 125 Å². The molecule has 9 unspecified atom stereocenters. The molecule has 0 heterocycles. The lowest BCUT2D eigenvalue weighted by Gasteiger charge is -2.63. The molecule has 1 N–H and O–H groups in total. The van der Waals surface area contributed by atoms with Gasteiger partial charge in [-0.25, -0.2) is 0 Å². The van der Waals surface area contributed by atoms with Crippen LogP contribution in [0.25, 0.3) is 6.08 Å². The van der Waals surface area contributed by atoms with Crippen molar-refractivity contribution in [3.05, 3.63) is 41.7 Å². The molecule has 3 nitrogen and oxygen atoms in total. The van der Waals surface area contributed by atoms with E-state index in [-0.39, 0.29) is 17.3 Å². The number of hydrogen-bond donors (Lipinski definition) is 1. The third-order valence-electron chi connectivity index (χ3n) is 14.7. The summed E-state index contributed by atoms with van der Waals surface area (Å²) in [5, 5.41) is 9.94. The van der Waals surface area contributed by atoms with Gasteiger partial charge in [0.1, 0.15) is 6.10 Å². The van der Waals surface area contributed by atoms with Crippen LogP contribution in [0.3, 0.4) is 0 Å². The molecule has 5 fully saturated rings. The summed E-state index contributed by atoms with van der Waals surface area (Å²) >= 11 is 0. The lowest BCUT2D eigenvalue weighted by Crippen LogP contribution is -2.57. The topological polar surface area (TPSA) is 38.7 Å². The Morgan fingerprint density at radius 3 is 2.43 bits per heavy atom. The van der Waals surface area contributed by atoms with Crippen molar-refractivity contribution in [2.75, 3.05) is 7.11 Å². The van der Waals surface area contributed by atoms with Crippen molar-refractivity contribution in [3.8, 4) is 11.5 Å². The van der Waals surface area contributed by atoms with E-state index < -0.39 is 0 Å². The van der Waals surface area contributed by atoms with E-state index in [0.717, 1.165) is 29.2 Å². The maximum Gasteiger partial charge on any atom is 0.161 e. The van der Waals surface area contributed by atoms with E-state index >= 15 is 0 Å². The van der Waals surface area contributed by atoms with Gasteiger partial charge in [-0.2, -0.15) is 0 Å². The molecule has 42 heavy (non-hydrogen) atoms. The van der Waals surface area contributed by atoms with Gasteiger partial charge in [0.25, 0.3) is 0 Å². The van der Waals surface area contributed by atoms with Crippen molar-refractivity contribution in [1.29, 1.82) is 0 Å². The summed E-state index contributed by atoms with van der Waals surface area (Å²) in [6.45, 7) is 17.6. The highest BCUT2D eigenvalue weighted by molar-refractivity contribution is 5.54. The minimum atomic E-state index is 0.169. The second-order valence-electron chi connectivity index (χ2n) is 16.7. The zero-order valence-electron chi connectivity index (χ0n) is 27.9. The monoisotopic (exact) mass is 574 g/mol. The molecule has 0 amide bonds. The van der Waals surface area contributed by atoms with Gasteiger partial charge in [-0.15, -0.1) is 0 Å². The molecule has 9 atom stereocenters. The van der Waals surface area contributed by atoms with E-state index in [0.29, 0.717) is 27.4 Å². The van der Waals surface area contributed by atoms with E-state index in [1.807, 2.05) is 24.5 Å². The van der Waals surface area contributed by atoms with Crippen molar-refractivity contribution >= 4 is 6.08 Å². The number of phenols is 1. The second-order valence-corrected chi connectivity index (χ2v) is 16.7. The molecule has 2 spiro atoms. The van der Waals surface area contributed by atoms with Crippen molar-refractivity contribution in [2.45, 2.75) is 125 Å². The first-order valence-corrected chi connectivity index (χ1v) is 17.2. The maximum atomic E-state index is 9.94. The number of hydrogen-bond acceptors (Lipinski definition) is 3. The predicted molar refractivity (Wildman–Crippen MR) is 173 cm³/mol. The van der Waals surface area contributed by atoms with Crippen LogP contribution in [0, 0.1) is 50.7 Å². The minimum Gasteiger partial charge on any atom is -0.504 e. The molecular weight excluding hydrogens is 516 g/mol. The van der Waals surface area contributed by atoms with Crippen LogP contribution in [-0.2, 0) is 4.74 Å². The number of methoxy groups -OCH3 is 1. The summed E-state index contributed by atoms with van der Waals surface area (Å²) in [7, 11) is 1.59. The van der Waals surface area contributed by atoms with Gasteiger partial charge in [0.15, 0.2) is 11.5 Å². The highest BCUT2D eigenvalue weighted by Gasteiger charge is 2.82. The third kappa shape index (κ3) is 4.25. The third-order valence-corrected chi connectivity index (χ3v) is 14.7. The summed E-state index contributed by atoms with van der Waals surface area (Å²) < 4.78 is 11.8. The first kappa shape index (κ1) is 30.1. The lowest BCUT2D eigenvalue weighted by atomic mass is 9.41. The van der Waals surface area contributed by atoms with Crippen LogP contribution in [0.15, 0.2) is 36.1 Å². The minimum absolute atomic E-state index is 0.169. The molecule has 1 aromatic rings. The van der Waals surface area contributed by atoms with Crippen LogP contribution < -0.4 is 4.74 Å². The molecule has 3 heteroatoms. The predicted octanol–water partition coefficient (Wildman–Crippen LogP) is 10.6. The Hall–Kier alpha value is -1.90. The summed E-state index contributed by atoms with van der Waals surface area (Å²) in [4.78, 5) is 0. The smallest absolute Gasteiger partial charge is 0.161 e. The van der Waals surface area contributed by atoms with Gasteiger partial charge in [-0.1, -0.05) is 52.3 Å². The van der Waals surface area contributed by atoms with Crippen LogP contribution in [0.5, 0.6) is 11.5 Å². The number of aromatic hydroxyl groups is 1. The SMILES string of the molecule is COc1cc(C=COC2CCC34CC35CCC3(C)C(C(C)CCC=C(C)C)CCC3(C)C5CCC4C2(C)C)ccc1O. The fraction of sp³-hybridized carbons (Fsp3) is 0.744. The molecule has 232 valence electrons. The summed E-state index contributed by atoms with van der Waals surface area (Å²) in [5.41, 5.74) is 4.76. The van der Waals surface area contributed by atoms with Gasteiger partial charge in [0, 0.05) is 5.41 Å². The molecule has 1 aromatic carbocycles. The maximum absolute atomic E-state index is 9.94. The Balaban J connectivity index is 1.17. The van der Waals surface area contributed by atoms with E-state index in [1.165, 1.54) is 76.2 Å².